The Morgan fingerprint density at radius 1 is 1.43 bits per heavy atom. The molecule has 1 aliphatic rings. The van der Waals surface area contributed by atoms with E-state index in [1.165, 1.54) is 15.6 Å². The van der Waals surface area contributed by atoms with E-state index in [2.05, 4.69) is 12.2 Å². The molecule has 0 atom stereocenters. The van der Waals surface area contributed by atoms with Gasteiger partial charge in [-0.1, -0.05) is 19.4 Å². The van der Waals surface area contributed by atoms with Gasteiger partial charge < -0.3 is 5.32 Å². The van der Waals surface area contributed by atoms with Crippen molar-refractivity contribution in [3.05, 3.63) is 17.5 Å². The Labute approximate surface area is 130 Å². The molecular formula is C14H22N2O3S2. The highest BCUT2D eigenvalue weighted by Crippen LogP contribution is 2.24. The van der Waals surface area contributed by atoms with E-state index in [4.69, 9.17) is 0 Å². The summed E-state index contributed by atoms with van der Waals surface area (Å²) in [4.78, 5) is 11.7. The number of nitrogens with one attached hydrogen (secondary N) is 1. The first kappa shape index (κ1) is 16.5. The Hall–Kier alpha value is -0.920. The predicted molar refractivity (Wildman–Crippen MR) is 83.8 cm³/mol. The molecule has 2 rings (SSSR count). The molecule has 1 aromatic heterocycles. The number of hydrogen-bond donors (Lipinski definition) is 1. The monoisotopic (exact) mass is 330 g/mol. The van der Waals surface area contributed by atoms with Crippen molar-refractivity contribution in [3.63, 3.8) is 0 Å². The van der Waals surface area contributed by atoms with E-state index in [0.29, 0.717) is 36.6 Å². The van der Waals surface area contributed by atoms with Crippen LogP contribution in [0.25, 0.3) is 0 Å². The topological polar surface area (TPSA) is 66.5 Å². The van der Waals surface area contributed by atoms with Crippen molar-refractivity contribution in [2.75, 3.05) is 13.1 Å². The molecule has 118 valence electrons. The summed E-state index contributed by atoms with van der Waals surface area (Å²) in [5, 5.41) is 4.77. The van der Waals surface area contributed by atoms with Gasteiger partial charge in [0.25, 0.3) is 10.0 Å². The average molecular weight is 330 g/mol. The van der Waals surface area contributed by atoms with Crippen molar-refractivity contribution in [3.8, 4) is 0 Å². The molecular weight excluding hydrogens is 308 g/mol. The van der Waals surface area contributed by atoms with Crippen LogP contribution in [0.1, 0.15) is 39.0 Å². The van der Waals surface area contributed by atoms with Gasteiger partial charge in [0.2, 0.25) is 5.91 Å². The Bertz CT molecular complexity index is 547. The van der Waals surface area contributed by atoms with Crippen molar-refractivity contribution in [1.29, 1.82) is 0 Å². The van der Waals surface area contributed by atoms with Gasteiger partial charge in [-0.15, -0.1) is 11.3 Å². The van der Waals surface area contributed by atoms with Crippen molar-refractivity contribution in [1.82, 2.24) is 9.62 Å². The summed E-state index contributed by atoms with van der Waals surface area (Å²) in [7, 11) is -3.35. The van der Waals surface area contributed by atoms with Crippen molar-refractivity contribution >= 4 is 27.3 Å². The smallest absolute Gasteiger partial charge is 0.252 e. The third kappa shape index (κ3) is 4.28. The maximum absolute atomic E-state index is 12.4. The number of carbonyl (C=O) groups excluding carboxylic acids is 1. The number of thiophene rings is 1. The van der Waals surface area contributed by atoms with E-state index >= 15 is 0 Å². The predicted octanol–water partition coefficient (Wildman–Crippen LogP) is 2.21. The quantitative estimate of drug-likeness (QED) is 0.869. The van der Waals surface area contributed by atoms with Gasteiger partial charge in [0.15, 0.2) is 0 Å². The van der Waals surface area contributed by atoms with Crippen LogP contribution in [0, 0.1) is 0 Å². The van der Waals surface area contributed by atoms with Crippen LogP contribution in [0.5, 0.6) is 0 Å². The minimum atomic E-state index is -3.35. The zero-order chi connectivity index (χ0) is 15.3. The number of piperidine rings is 1. The molecule has 1 N–H and O–H groups in total. The number of nitrogens with zero attached hydrogens (tertiary/aromatic N) is 1. The van der Waals surface area contributed by atoms with E-state index in [1.54, 1.807) is 17.5 Å². The molecule has 5 nitrogen and oxygen atoms in total. The lowest BCUT2D eigenvalue weighted by molar-refractivity contribution is -0.122. The van der Waals surface area contributed by atoms with E-state index in [0.717, 1.165) is 12.8 Å². The highest BCUT2D eigenvalue weighted by molar-refractivity contribution is 7.91. The third-order valence-electron chi connectivity index (χ3n) is 3.67. The number of rotatable bonds is 6. The molecule has 0 saturated carbocycles. The van der Waals surface area contributed by atoms with Gasteiger partial charge in [0.1, 0.15) is 4.21 Å². The van der Waals surface area contributed by atoms with Crippen LogP contribution in [0.2, 0.25) is 0 Å². The van der Waals surface area contributed by atoms with Crippen LogP contribution < -0.4 is 5.32 Å². The van der Waals surface area contributed by atoms with Crippen LogP contribution in [-0.4, -0.2) is 37.8 Å². The molecule has 1 saturated heterocycles. The Morgan fingerprint density at radius 3 is 2.71 bits per heavy atom. The molecule has 1 amide bonds. The normalized spacial score (nSPS) is 17.8. The van der Waals surface area contributed by atoms with Crippen LogP contribution in [0.3, 0.4) is 0 Å². The van der Waals surface area contributed by atoms with Crippen molar-refractivity contribution in [2.24, 2.45) is 0 Å². The standard InChI is InChI=1S/C14H22N2O3S2/c1-2-3-5-13(17)15-12-7-9-16(10-8-12)21(18,19)14-6-4-11-20-14/h4,6,11-12H,2-3,5,7-10H2,1H3,(H,15,17). The van der Waals surface area contributed by atoms with Gasteiger partial charge in [0.05, 0.1) is 0 Å². The van der Waals surface area contributed by atoms with Gasteiger partial charge in [-0.25, -0.2) is 8.42 Å². The van der Waals surface area contributed by atoms with Gasteiger partial charge in [-0.05, 0) is 30.7 Å². The van der Waals surface area contributed by atoms with Gasteiger partial charge in [-0.3, -0.25) is 4.79 Å². The average Bonchev–Trinajstić information content (AvgIpc) is 3.00. The Kier molecular flexibility index (Phi) is 5.78. The molecule has 0 aromatic carbocycles. The minimum absolute atomic E-state index is 0.0800. The van der Waals surface area contributed by atoms with Crippen LogP contribution in [0.4, 0.5) is 0 Å². The molecule has 1 aromatic rings. The Morgan fingerprint density at radius 2 is 2.14 bits per heavy atom. The van der Waals surface area contributed by atoms with E-state index in [1.807, 2.05) is 0 Å². The summed E-state index contributed by atoms with van der Waals surface area (Å²) >= 11 is 1.24. The molecule has 0 bridgehead atoms. The maximum atomic E-state index is 12.4. The summed E-state index contributed by atoms with van der Waals surface area (Å²) in [6.07, 6.45) is 3.83. The fourth-order valence-corrected chi connectivity index (χ4v) is 5.03. The molecule has 2 heterocycles. The molecule has 1 fully saturated rings. The number of amides is 1. The lowest BCUT2D eigenvalue weighted by Gasteiger charge is -2.31. The van der Waals surface area contributed by atoms with E-state index in [9.17, 15) is 13.2 Å². The SMILES string of the molecule is CCCCC(=O)NC1CCN(S(=O)(=O)c2cccs2)CC1. The molecule has 1 aliphatic heterocycles. The molecule has 7 heteroatoms. The number of hydrogen-bond acceptors (Lipinski definition) is 4. The van der Waals surface area contributed by atoms with Crippen LogP contribution >= 0.6 is 11.3 Å². The summed E-state index contributed by atoms with van der Waals surface area (Å²) in [6.45, 7) is 3.00. The molecule has 21 heavy (non-hydrogen) atoms. The first-order valence-electron chi connectivity index (χ1n) is 7.37. The Balaban J connectivity index is 1.85. The lowest BCUT2D eigenvalue weighted by atomic mass is 10.1. The van der Waals surface area contributed by atoms with E-state index in [-0.39, 0.29) is 11.9 Å². The lowest BCUT2D eigenvalue weighted by Crippen LogP contribution is -2.46. The summed E-state index contributed by atoms with van der Waals surface area (Å²) in [5.41, 5.74) is 0. The second kappa shape index (κ2) is 7.38. The fourth-order valence-electron chi connectivity index (χ4n) is 2.42. The van der Waals surface area contributed by atoms with Crippen molar-refractivity contribution in [2.45, 2.75) is 49.3 Å². The first-order chi connectivity index (χ1) is 10.0. The molecule has 0 unspecified atom stereocenters. The largest absolute Gasteiger partial charge is 0.353 e. The number of carbonyl (C=O) groups is 1. The molecule has 0 spiro atoms. The van der Waals surface area contributed by atoms with Gasteiger partial charge in [0, 0.05) is 25.6 Å². The summed E-state index contributed by atoms with van der Waals surface area (Å²) in [5.74, 6) is 0.0800. The highest BCUT2D eigenvalue weighted by Gasteiger charge is 2.30. The minimum Gasteiger partial charge on any atom is -0.353 e. The third-order valence-corrected chi connectivity index (χ3v) is 6.94. The summed E-state index contributed by atoms with van der Waals surface area (Å²) in [6, 6.07) is 3.49. The van der Waals surface area contributed by atoms with Crippen molar-refractivity contribution < 1.29 is 13.2 Å². The molecule has 0 radical (unpaired) electrons. The van der Waals surface area contributed by atoms with Gasteiger partial charge >= 0.3 is 0 Å². The maximum Gasteiger partial charge on any atom is 0.252 e. The fraction of sp³-hybridized carbons (Fsp3) is 0.643. The number of sulfonamides is 1. The van der Waals surface area contributed by atoms with Crippen LogP contribution in [-0.2, 0) is 14.8 Å². The number of unbranched alkanes of at least 4 members (excludes halogenated alkanes) is 1. The second-order valence-electron chi connectivity index (χ2n) is 5.28. The second-order valence-corrected chi connectivity index (χ2v) is 8.39. The first-order valence-corrected chi connectivity index (χ1v) is 9.69. The van der Waals surface area contributed by atoms with E-state index < -0.39 is 10.0 Å². The summed E-state index contributed by atoms with van der Waals surface area (Å²) < 4.78 is 26.7. The highest BCUT2D eigenvalue weighted by atomic mass is 32.2. The van der Waals surface area contributed by atoms with Crippen LogP contribution in [0.15, 0.2) is 21.7 Å². The van der Waals surface area contributed by atoms with Gasteiger partial charge in [-0.2, -0.15) is 4.31 Å². The zero-order valence-electron chi connectivity index (χ0n) is 12.2. The molecule has 0 aliphatic carbocycles. The zero-order valence-corrected chi connectivity index (χ0v) is 13.9.